The Morgan fingerprint density at radius 3 is 2.40 bits per heavy atom. The lowest BCUT2D eigenvalue weighted by Gasteiger charge is -2.40. The van der Waals surface area contributed by atoms with E-state index < -0.39 is 0 Å². The molecule has 2 aliphatic rings. The molecule has 10 heavy (non-hydrogen) atoms. The first-order valence-corrected chi connectivity index (χ1v) is 3.99. The molecule has 0 aromatic rings. The van der Waals surface area contributed by atoms with Crippen molar-refractivity contribution < 1.29 is 4.74 Å². The van der Waals surface area contributed by atoms with Crippen LogP contribution in [0.3, 0.4) is 0 Å². The Labute approximate surface area is 61.3 Å². The van der Waals surface area contributed by atoms with Gasteiger partial charge in [0.1, 0.15) is 0 Å². The van der Waals surface area contributed by atoms with Crippen molar-refractivity contribution in [3.8, 4) is 0 Å². The van der Waals surface area contributed by atoms with Crippen LogP contribution in [-0.2, 0) is 4.74 Å². The Kier molecular flexibility index (Phi) is 1.88. The van der Waals surface area contributed by atoms with E-state index in [9.17, 15) is 0 Å². The quantitative estimate of drug-likeness (QED) is 0.523. The highest BCUT2D eigenvalue weighted by Crippen LogP contribution is 2.06. The van der Waals surface area contributed by atoms with Crippen LogP contribution in [0.1, 0.15) is 0 Å². The lowest BCUT2D eigenvalue weighted by molar-refractivity contribution is 0.00509. The van der Waals surface area contributed by atoms with Crippen molar-refractivity contribution in [2.24, 2.45) is 0 Å². The average molecular weight is 142 g/mol. The molecular weight excluding hydrogens is 128 g/mol. The molecule has 2 aliphatic heterocycles. The third-order valence-corrected chi connectivity index (χ3v) is 2.32. The maximum Gasteiger partial charge on any atom is 0.0594 e. The fourth-order valence-corrected chi connectivity index (χ4v) is 1.47. The van der Waals surface area contributed by atoms with Crippen LogP contribution in [0.15, 0.2) is 0 Å². The number of hydrogen-bond donors (Lipinski definition) is 1. The van der Waals surface area contributed by atoms with Crippen LogP contribution in [0.2, 0.25) is 0 Å². The van der Waals surface area contributed by atoms with Gasteiger partial charge in [-0.05, 0) is 0 Å². The fraction of sp³-hybridized carbons (Fsp3) is 1.00. The molecule has 0 bridgehead atoms. The van der Waals surface area contributed by atoms with E-state index in [1.54, 1.807) is 0 Å². The van der Waals surface area contributed by atoms with Gasteiger partial charge in [-0.2, -0.15) is 0 Å². The molecule has 2 heterocycles. The number of morpholine rings is 1. The molecule has 0 amide bonds. The Hall–Kier alpha value is -0.120. The minimum atomic E-state index is 0.809. The summed E-state index contributed by atoms with van der Waals surface area (Å²) in [6.07, 6.45) is 0. The van der Waals surface area contributed by atoms with Crippen LogP contribution in [0.25, 0.3) is 0 Å². The van der Waals surface area contributed by atoms with Crippen LogP contribution in [0.4, 0.5) is 0 Å². The van der Waals surface area contributed by atoms with Gasteiger partial charge >= 0.3 is 0 Å². The molecule has 2 saturated heterocycles. The van der Waals surface area contributed by atoms with Gasteiger partial charge in [-0.25, -0.2) is 0 Å². The van der Waals surface area contributed by atoms with Gasteiger partial charge in [0.2, 0.25) is 0 Å². The van der Waals surface area contributed by atoms with Crippen molar-refractivity contribution in [3.05, 3.63) is 0 Å². The first-order chi connectivity index (χ1) is 4.97. The van der Waals surface area contributed by atoms with Gasteiger partial charge in [-0.1, -0.05) is 0 Å². The fourth-order valence-electron chi connectivity index (χ4n) is 1.47. The summed E-state index contributed by atoms with van der Waals surface area (Å²) in [6.45, 7) is 6.48. The number of hydrogen-bond acceptors (Lipinski definition) is 3. The summed E-state index contributed by atoms with van der Waals surface area (Å²) in [4.78, 5) is 2.51. The smallest absolute Gasteiger partial charge is 0.0594 e. The van der Waals surface area contributed by atoms with E-state index in [0.29, 0.717) is 0 Å². The van der Waals surface area contributed by atoms with Crippen molar-refractivity contribution in [2.45, 2.75) is 6.04 Å². The second kappa shape index (κ2) is 2.86. The largest absolute Gasteiger partial charge is 0.379 e. The first-order valence-electron chi connectivity index (χ1n) is 3.99. The van der Waals surface area contributed by atoms with Gasteiger partial charge in [0.25, 0.3) is 0 Å². The van der Waals surface area contributed by atoms with E-state index in [1.807, 2.05) is 0 Å². The average Bonchev–Trinajstić information content (AvgIpc) is 1.86. The molecule has 2 fully saturated rings. The second-order valence-corrected chi connectivity index (χ2v) is 2.96. The number of nitrogens with one attached hydrogen (secondary N) is 1. The number of rotatable bonds is 1. The molecule has 2 rings (SSSR count). The van der Waals surface area contributed by atoms with Gasteiger partial charge in [-0.3, -0.25) is 4.90 Å². The summed E-state index contributed by atoms with van der Waals surface area (Å²) in [5.74, 6) is 0. The molecule has 0 saturated carbocycles. The monoisotopic (exact) mass is 142 g/mol. The van der Waals surface area contributed by atoms with Crippen LogP contribution in [0.5, 0.6) is 0 Å². The Morgan fingerprint density at radius 1 is 1.20 bits per heavy atom. The van der Waals surface area contributed by atoms with Crippen molar-refractivity contribution in [1.82, 2.24) is 10.2 Å². The van der Waals surface area contributed by atoms with E-state index in [1.165, 1.54) is 13.1 Å². The maximum atomic E-state index is 5.26. The van der Waals surface area contributed by atoms with Crippen LogP contribution >= 0.6 is 0 Å². The second-order valence-electron chi connectivity index (χ2n) is 2.96. The third kappa shape index (κ3) is 1.17. The van der Waals surface area contributed by atoms with Crippen molar-refractivity contribution >= 4 is 0 Å². The Balaban J connectivity index is 1.78. The Bertz CT molecular complexity index is 108. The zero-order valence-electron chi connectivity index (χ0n) is 6.18. The molecule has 0 aliphatic carbocycles. The van der Waals surface area contributed by atoms with Crippen molar-refractivity contribution in [1.29, 1.82) is 0 Å². The molecule has 0 unspecified atom stereocenters. The molecule has 0 aromatic carbocycles. The van der Waals surface area contributed by atoms with Crippen LogP contribution in [0, 0.1) is 0 Å². The standard InChI is InChI=1S/C7H14N2O/c1-3-10-4-2-9(1)7-5-8-6-7/h7-8H,1-6H2. The minimum absolute atomic E-state index is 0.809. The molecule has 1 N–H and O–H groups in total. The molecule has 0 aromatic heterocycles. The van der Waals surface area contributed by atoms with Crippen molar-refractivity contribution in [3.63, 3.8) is 0 Å². The number of ether oxygens (including phenoxy) is 1. The van der Waals surface area contributed by atoms with Crippen LogP contribution < -0.4 is 5.32 Å². The van der Waals surface area contributed by atoms with Crippen LogP contribution in [-0.4, -0.2) is 50.3 Å². The Morgan fingerprint density at radius 2 is 1.90 bits per heavy atom. The summed E-state index contributed by atoms with van der Waals surface area (Å²) in [6, 6.07) is 0.809. The van der Waals surface area contributed by atoms with E-state index in [4.69, 9.17) is 4.74 Å². The highest BCUT2D eigenvalue weighted by molar-refractivity contribution is 4.85. The van der Waals surface area contributed by atoms with Crippen molar-refractivity contribution in [2.75, 3.05) is 39.4 Å². The highest BCUT2D eigenvalue weighted by Gasteiger charge is 2.25. The van der Waals surface area contributed by atoms with E-state index >= 15 is 0 Å². The third-order valence-electron chi connectivity index (χ3n) is 2.32. The topological polar surface area (TPSA) is 24.5 Å². The molecule has 0 radical (unpaired) electrons. The summed E-state index contributed by atoms with van der Waals surface area (Å²) < 4.78 is 5.26. The maximum absolute atomic E-state index is 5.26. The summed E-state index contributed by atoms with van der Waals surface area (Å²) >= 11 is 0. The lowest BCUT2D eigenvalue weighted by Crippen LogP contribution is -2.59. The molecule has 0 atom stereocenters. The molecule has 3 heteroatoms. The summed E-state index contributed by atoms with van der Waals surface area (Å²) in [7, 11) is 0. The van der Waals surface area contributed by atoms with E-state index in [2.05, 4.69) is 10.2 Å². The lowest BCUT2D eigenvalue weighted by atomic mass is 10.1. The first kappa shape index (κ1) is 6.58. The minimum Gasteiger partial charge on any atom is -0.379 e. The normalized spacial score (nSPS) is 30.0. The molecular formula is C7H14N2O. The molecule has 0 spiro atoms. The van der Waals surface area contributed by atoms with Gasteiger partial charge in [0.15, 0.2) is 0 Å². The van der Waals surface area contributed by atoms with E-state index in [0.717, 1.165) is 32.3 Å². The van der Waals surface area contributed by atoms with Gasteiger partial charge in [-0.15, -0.1) is 0 Å². The summed E-state index contributed by atoms with van der Waals surface area (Å²) in [5, 5.41) is 3.28. The predicted molar refractivity (Wildman–Crippen MR) is 39.0 cm³/mol. The predicted octanol–water partition coefficient (Wildman–Crippen LogP) is -0.710. The zero-order valence-corrected chi connectivity index (χ0v) is 6.18. The molecule has 58 valence electrons. The highest BCUT2D eigenvalue weighted by atomic mass is 16.5. The zero-order chi connectivity index (χ0) is 6.81. The van der Waals surface area contributed by atoms with Gasteiger partial charge in [0, 0.05) is 32.2 Å². The number of nitrogens with zero attached hydrogens (tertiary/aromatic N) is 1. The van der Waals surface area contributed by atoms with Gasteiger partial charge < -0.3 is 10.1 Å². The van der Waals surface area contributed by atoms with Gasteiger partial charge in [0.05, 0.1) is 13.2 Å². The molecule has 3 nitrogen and oxygen atoms in total. The van der Waals surface area contributed by atoms with E-state index in [-0.39, 0.29) is 0 Å². The SMILES string of the molecule is C1CN(C2CNC2)CCO1. The summed E-state index contributed by atoms with van der Waals surface area (Å²) in [5.41, 5.74) is 0.